The minimum Gasteiger partial charge on any atom is -0.507 e. The number of hydrogen-bond acceptors (Lipinski definition) is 5. The fraction of sp³-hybridized carbons (Fsp3) is 0.273. The molecule has 0 spiro atoms. The Bertz CT molecular complexity index is 493. The zero-order valence-corrected chi connectivity index (χ0v) is 8.17. The molecule has 0 aliphatic carbocycles. The molecule has 0 unspecified atom stereocenters. The summed E-state index contributed by atoms with van der Waals surface area (Å²) >= 11 is 0. The van der Waals surface area contributed by atoms with E-state index in [0.717, 1.165) is 0 Å². The first kappa shape index (κ1) is 9.21. The van der Waals surface area contributed by atoms with Crippen LogP contribution in [0, 0.1) is 0 Å². The van der Waals surface area contributed by atoms with E-state index in [0.29, 0.717) is 17.6 Å². The Morgan fingerprint density at radius 3 is 2.94 bits per heavy atom. The molecule has 1 aromatic carbocycles. The van der Waals surface area contributed by atoms with Crippen LogP contribution in [0.2, 0.25) is 0 Å². The van der Waals surface area contributed by atoms with Crippen LogP contribution in [0.15, 0.2) is 12.1 Å². The number of hydrogen-bond donors (Lipinski definition) is 1. The highest BCUT2D eigenvalue weighted by atomic mass is 16.6. The van der Waals surface area contributed by atoms with Crippen LogP contribution in [-0.4, -0.2) is 23.5 Å². The average Bonchev–Trinajstić information content (AvgIpc) is 2.74. The number of phenolic OH excluding ortho intramolecular Hbond substituents is 1. The highest BCUT2D eigenvalue weighted by Crippen LogP contribution is 2.47. The van der Waals surface area contributed by atoms with E-state index < -0.39 is 6.10 Å². The van der Waals surface area contributed by atoms with Gasteiger partial charge in [0, 0.05) is 0 Å². The second-order valence-corrected chi connectivity index (χ2v) is 3.80. The summed E-state index contributed by atoms with van der Waals surface area (Å²) in [6.45, 7) is 0. The van der Waals surface area contributed by atoms with Gasteiger partial charge >= 0.3 is 5.97 Å². The summed E-state index contributed by atoms with van der Waals surface area (Å²) in [5, 5.41) is 9.53. The number of aldehydes is 1. The second kappa shape index (κ2) is 2.98. The van der Waals surface area contributed by atoms with Crippen molar-refractivity contribution < 1.29 is 24.2 Å². The number of rotatable bonds is 1. The molecule has 3 rings (SSSR count). The smallest absolute Gasteiger partial charge is 0.310 e. The Kier molecular flexibility index (Phi) is 1.71. The van der Waals surface area contributed by atoms with Crippen LogP contribution in [0.5, 0.6) is 11.5 Å². The van der Waals surface area contributed by atoms with Gasteiger partial charge in [0.2, 0.25) is 0 Å². The zero-order valence-electron chi connectivity index (χ0n) is 8.17. The first-order valence-corrected chi connectivity index (χ1v) is 4.88. The maximum atomic E-state index is 11.1. The van der Waals surface area contributed by atoms with Crippen molar-refractivity contribution in [3.05, 3.63) is 23.3 Å². The molecule has 0 radical (unpaired) electrons. The summed E-state index contributed by atoms with van der Waals surface area (Å²) in [5.41, 5.74) is 0.616. The third-order valence-electron chi connectivity index (χ3n) is 2.87. The third kappa shape index (κ3) is 1.05. The fourth-order valence-electron chi connectivity index (χ4n) is 2.17. The molecule has 1 fully saturated rings. The van der Waals surface area contributed by atoms with Crippen LogP contribution in [0.1, 0.15) is 28.4 Å². The maximum Gasteiger partial charge on any atom is 0.310 e. The SMILES string of the molecule is O=Cc1c(O)ccc2c1[C@@H]1OC(=O)C[C@@H]1O2. The van der Waals surface area contributed by atoms with Crippen molar-refractivity contribution in [2.75, 3.05) is 0 Å². The zero-order chi connectivity index (χ0) is 11.3. The van der Waals surface area contributed by atoms with E-state index in [1.807, 2.05) is 0 Å². The van der Waals surface area contributed by atoms with E-state index in [4.69, 9.17) is 9.47 Å². The minimum absolute atomic E-state index is 0.124. The van der Waals surface area contributed by atoms with Gasteiger partial charge in [0.25, 0.3) is 0 Å². The van der Waals surface area contributed by atoms with E-state index in [1.54, 1.807) is 6.07 Å². The maximum absolute atomic E-state index is 11.1. The molecule has 1 aromatic rings. The molecular weight excluding hydrogens is 212 g/mol. The minimum atomic E-state index is -0.560. The molecule has 5 heteroatoms. The third-order valence-corrected chi connectivity index (χ3v) is 2.87. The van der Waals surface area contributed by atoms with Gasteiger partial charge in [-0.05, 0) is 12.1 Å². The fourth-order valence-corrected chi connectivity index (χ4v) is 2.17. The summed E-state index contributed by atoms with van der Waals surface area (Å²) < 4.78 is 10.6. The molecule has 0 aromatic heterocycles. The van der Waals surface area contributed by atoms with Gasteiger partial charge in [-0.25, -0.2) is 0 Å². The predicted molar refractivity (Wildman–Crippen MR) is 51.4 cm³/mol. The molecule has 5 nitrogen and oxygen atoms in total. The molecule has 0 bridgehead atoms. The lowest BCUT2D eigenvalue weighted by Gasteiger charge is -2.08. The molecule has 2 atom stereocenters. The quantitative estimate of drug-likeness (QED) is 0.563. The van der Waals surface area contributed by atoms with E-state index in [-0.39, 0.29) is 29.8 Å². The van der Waals surface area contributed by atoms with Crippen molar-refractivity contribution in [2.45, 2.75) is 18.6 Å². The summed E-state index contributed by atoms with van der Waals surface area (Å²) in [6, 6.07) is 2.97. The lowest BCUT2D eigenvalue weighted by atomic mass is 10.0. The van der Waals surface area contributed by atoms with Gasteiger partial charge in [0.05, 0.1) is 17.5 Å². The Morgan fingerprint density at radius 2 is 2.19 bits per heavy atom. The van der Waals surface area contributed by atoms with E-state index in [2.05, 4.69) is 0 Å². The topological polar surface area (TPSA) is 72.8 Å². The first-order valence-electron chi connectivity index (χ1n) is 4.88. The van der Waals surface area contributed by atoms with Crippen molar-refractivity contribution in [3.63, 3.8) is 0 Å². The largest absolute Gasteiger partial charge is 0.507 e. The summed E-state index contributed by atoms with van der Waals surface area (Å²) in [5.74, 6) is 0.0317. The molecule has 0 amide bonds. The number of fused-ring (bicyclic) bond motifs is 3. The molecule has 82 valence electrons. The summed E-state index contributed by atoms with van der Waals surface area (Å²) in [4.78, 5) is 22.0. The van der Waals surface area contributed by atoms with Gasteiger partial charge in [-0.2, -0.15) is 0 Å². The number of esters is 1. The van der Waals surface area contributed by atoms with E-state index >= 15 is 0 Å². The van der Waals surface area contributed by atoms with Gasteiger partial charge in [-0.3, -0.25) is 9.59 Å². The number of phenols is 1. The van der Waals surface area contributed by atoms with Gasteiger partial charge in [-0.15, -0.1) is 0 Å². The Labute approximate surface area is 90.6 Å². The van der Waals surface area contributed by atoms with Crippen LogP contribution >= 0.6 is 0 Å². The molecule has 1 N–H and O–H groups in total. The Balaban J connectivity index is 2.17. The van der Waals surface area contributed by atoms with Gasteiger partial charge in [0.15, 0.2) is 18.5 Å². The van der Waals surface area contributed by atoms with Gasteiger partial charge in [-0.1, -0.05) is 0 Å². The predicted octanol–water partition coefficient (Wildman–Crippen LogP) is 0.954. The highest BCUT2D eigenvalue weighted by molar-refractivity contribution is 5.85. The van der Waals surface area contributed by atoms with Gasteiger partial charge in [0.1, 0.15) is 11.5 Å². The molecule has 2 heterocycles. The number of aromatic hydroxyl groups is 1. The molecule has 0 saturated carbocycles. The lowest BCUT2D eigenvalue weighted by molar-refractivity contribution is -0.141. The normalized spacial score (nSPS) is 25.6. The van der Waals surface area contributed by atoms with E-state index in [1.165, 1.54) is 6.07 Å². The Morgan fingerprint density at radius 1 is 1.38 bits per heavy atom. The van der Waals surface area contributed by atoms with Crippen molar-refractivity contribution >= 4 is 12.3 Å². The number of benzene rings is 1. The standard InChI is InChI=1S/C11H8O5/c12-4-5-6(13)1-2-7-10(5)11-8(15-7)3-9(14)16-11/h1-2,4,8,11,13H,3H2/t8-,11+/m0/s1. The van der Waals surface area contributed by atoms with Crippen LogP contribution in [0.4, 0.5) is 0 Å². The van der Waals surface area contributed by atoms with Crippen LogP contribution in [0.3, 0.4) is 0 Å². The molecule has 16 heavy (non-hydrogen) atoms. The Hall–Kier alpha value is -2.04. The summed E-state index contributed by atoms with van der Waals surface area (Å²) in [6.07, 6.45) is -0.206. The summed E-state index contributed by atoms with van der Waals surface area (Å²) in [7, 11) is 0. The monoisotopic (exact) mass is 220 g/mol. The molecule has 2 aliphatic heterocycles. The van der Waals surface area contributed by atoms with Crippen LogP contribution in [0.25, 0.3) is 0 Å². The van der Waals surface area contributed by atoms with Crippen molar-refractivity contribution in [3.8, 4) is 11.5 Å². The molecule has 1 saturated heterocycles. The highest BCUT2D eigenvalue weighted by Gasteiger charge is 2.46. The van der Waals surface area contributed by atoms with Crippen molar-refractivity contribution in [1.82, 2.24) is 0 Å². The van der Waals surface area contributed by atoms with Crippen LogP contribution in [-0.2, 0) is 9.53 Å². The molecular formula is C11H8O5. The second-order valence-electron chi connectivity index (χ2n) is 3.80. The average molecular weight is 220 g/mol. The van der Waals surface area contributed by atoms with Crippen molar-refractivity contribution in [1.29, 1.82) is 0 Å². The number of carbonyl (C=O) groups is 2. The lowest BCUT2D eigenvalue weighted by Crippen LogP contribution is -2.12. The van der Waals surface area contributed by atoms with Crippen LogP contribution < -0.4 is 4.74 Å². The number of ether oxygens (including phenoxy) is 2. The van der Waals surface area contributed by atoms with Gasteiger partial charge < -0.3 is 14.6 Å². The molecule has 2 aliphatic rings. The number of carbonyl (C=O) groups excluding carboxylic acids is 2. The first-order chi connectivity index (χ1) is 7.70. The van der Waals surface area contributed by atoms with Crippen molar-refractivity contribution in [2.24, 2.45) is 0 Å². The van der Waals surface area contributed by atoms with E-state index in [9.17, 15) is 14.7 Å².